The van der Waals surface area contributed by atoms with Crippen LogP contribution in [0.2, 0.25) is 0 Å². The van der Waals surface area contributed by atoms with Crippen LogP contribution in [0.3, 0.4) is 0 Å². The first kappa shape index (κ1) is 19.5. The lowest BCUT2D eigenvalue weighted by Crippen LogP contribution is -2.58. The van der Waals surface area contributed by atoms with Crippen LogP contribution in [-0.4, -0.2) is 48.2 Å². The first-order valence-corrected chi connectivity index (χ1v) is 11.5. The van der Waals surface area contributed by atoms with E-state index in [0.717, 1.165) is 61.5 Å². The summed E-state index contributed by atoms with van der Waals surface area (Å²) in [4.78, 5) is 9.58. The fourth-order valence-electron chi connectivity index (χ4n) is 5.66. The average molecular weight is 426 g/mol. The molecule has 0 aliphatic carbocycles. The molecule has 1 saturated heterocycles. The zero-order valence-corrected chi connectivity index (χ0v) is 18.3. The van der Waals surface area contributed by atoms with Gasteiger partial charge in [0.2, 0.25) is 0 Å². The van der Waals surface area contributed by atoms with E-state index in [4.69, 9.17) is 4.74 Å². The molecule has 1 fully saturated rings. The third-order valence-corrected chi connectivity index (χ3v) is 7.29. The molecule has 0 spiro atoms. The number of ether oxygens (including phenoxy) is 1. The predicted octanol–water partition coefficient (Wildman–Crippen LogP) is 3.22. The summed E-state index contributed by atoms with van der Waals surface area (Å²) in [5.74, 6) is 1.05. The number of hydrogen-bond acceptors (Lipinski definition) is 6. The quantitative estimate of drug-likeness (QED) is 0.646. The van der Waals surface area contributed by atoms with Crippen molar-refractivity contribution in [3.8, 4) is 11.8 Å². The molecule has 0 bridgehead atoms. The molecular formula is C26H27N5O. The van der Waals surface area contributed by atoms with Crippen molar-refractivity contribution >= 4 is 16.6 Å². The Balaban J connectivity index is 1.33. The van der Waals surface area contributed by atoms with Crippen LogP contribution < -0.4 is 15.0 Å². The SMILES string of the molecule is CC1CN(c2ccc(C#N)c3ncccc23)CC2COc3ccc4c(c3CN12)CNCC4. The van der Waals surface area contributed by atoms with Gasteiger partial charge in [0.05, 0.1) is 17.1 Å². The van der Waals surface area contributed by atoms with Crippen molar-refractivity contribution in [3.05, 3.63) is 64.8 Å². The molecule has 162 valence electrons. The molecule has 0 radical (unpaired) electrons. The lowest BCUT2D eigenvalue weighted by molar-refractivity contribution is 0.0890. The van der Waals surface area contributed by atoms with Gasteiger partial charge in [0.15, 0.2) is 0 Å². The summed E-state index contributed by atoms with van der Waals surface area (Å²) in [5.41, 5.74) is 6.84. The predicted molar refractivity (Wildman–Crippen MR) is 125 cm³/mol. The lowest BCUT2D eigenvalue weighted by Gasteiger charge is -2.45. The van der Waals surface area contributed by atoms with Crippen molar-refractivity contribution in [2.45, 2.75) is 38.5 Å². The molecule has 4 heterocycles. The Morgan fingerprint density at radius 1 is 1.16 bits per heavy atom. The maximum atomic E-state index is 9.50. The first-order chi connectivity index (χ1) is 15.7. The summed E-state index contributed by atoms with van der Waals surface area (Å²) in [6.45, 7) is 7.77. The van der Waals surface area contributed by atoms with E-state index >= 15 is 0 Å². The summed E-state index contributed by atoms with van der Waals surface area (Å²) < 4.78 is 6.39. The minimum absolute atomic E-state index is 0.306. The van der Waals surface area contributed by atoms with Crippen LogP contribution in [0, 0.1) is 11.3 Å². The molecular weight excluding hydrogens is 398 g/mol. The van der Waals surface area contributed by atoms with Crippen molar-refractivity contribution in [1.29, 1.82) is 5.26 Å². The largest absolute Gasteiger partial charge is 0.492 e. The van der Waals surface area contributed by atoms with Crippen LogP contribution >= 0.6 is 0 Å². The molecule has 2 atom stereocenters. The van der Waals surface area contributed by atoms with Crippen LogP contribution in [0.25, 0.3) is 10.9 Å². The smallest absolute Gasteiger partial charge is 0.124 e. The first-order valence-electron chi connectivity index (χ1n) is 11.5. The average Bonchev–Trinajstić information content (AvgIpc) is 3.03. The number of pyridine rings is 1. The third kappa shape index (κ3) is 3.12. The van der Waals surface area contributed by atoms with Crippen molar-refractivity contribution in [3.63, 3.8) is 0 Å². The maximum absolute atomic E-state index is 9.50. The summed E-state index contributed by atoms with van der Waals surface area (Å²) in [6.07, 6.45) is 2.86. The zero-order valence-electron chi connectivity index (χ0n) is 18.3. The highest BCUT2D eigenvalue weighted by atomic mass is 16.5. The molecule has 1 aromatic heterocycles. The Bertz CT molecular complexity index is 1230. The van der Waals surface area contributed by atoms with Gasteiger partial charge < -0.3 is 15.0 Å². The number of piperazine rings is 1. The molecule has 2 aromatic carbocycles. The highest BCUT2D eigenvalue weighted by Crippen LogP contribution is 2.36. The summed E-state index contributed by atoms with van der Waals surface area (Å²) in [7, 11) is 0. The second-order valence-corrected chi connectivity index (χ2v) is 9.14. The van der Waals surface area contributed by atoms with Crippen LogP contribution in [0.4, 0.5) is 5.69 Å². The van der Waals surface area contributed by atoms with Crippen LogP contribution in [0.15, 0.2) is 42.6 Å². The lowest BCUT2D eigenvalue weighted by atomic mass is 9.94. The molecule has 0 amide bonds. The Labute approximate surface area is 188 Å². The fraction of sp³-hybridized carbons (Fsp3) is 0.385. The van der Waals surface area contributed by atoms with E-state index in [0.29, 0.717) is 24.3 Å². The Morgan fingerprint density at radius 3 is 3.00 bits per heavy atom. The zero-order chi connectivity index (χ0) is 21.7. The standard InChI is InChI=1S/C26H27N5O/c1-17-13-30(24-6-4-19(11-27)26-21(24)3-2-9-29-26)14-20-16-32-25-7-5-18-8-10-28-12-22(18)23(25)15-31(17)20/h2-7,9,17,20,28H,8,10,12-16H2,1H3. The van der Waals surface area contributed by atoms with Crippen LogP contribution in [-0.2, 0) is 19.5 Å². The van der Waals surface area contributed by atoms with Crippen molar-refractivity contribution in [2.75, 3.05) is 31.1 Å². The number of nitrogens with one attached hydrogen (secondary N) is 1. The van der Waals surface area contributed by atoms with Gasteiger partial charge >= 0.3 is 0 Å². The number of anilines is 1. The fourth-order valence-corrected chi connectivity index (χ4v) is 5.66. The van der Waals surface area contributed by atoms with Crippen molar-refractivity contribution in [2.24, 2.45) is 0 Å². The van der Waals surface area contributed by atoms with Gasteiger partial charge in [-0.15, -0.1) is 0 Å². The van der Waals surface area contributed by atoms with E-state index < -0.39 is 0 Å². The van der Waals surface area contributed by atoms with Gasteiger partial charge in [-0.05, 0) is 61.3 Å². The van der Waals surface area contributed by atoms with Crippen LogP contribution in [0.1, 0.15) is 29.2 Å². The van der Waals surface area contributed by atoms with E-state index in [2.05, 4.69) is 57.4 Å². The number of hydrogen-bond donors (Lipinski definition) is 1. The monoisotopic (exact) mass is 425 g/mol. The van der Waals surface area contributed by atoms with Crippen molar-refractivity contribution in [1.82, 2.24) is 15.2 Å². The molecule has 2 unspecified atom stereocenters. The van der Waals surface area contributed by atoms with E-state index in [1.165, 1.54) is 16.7 Å². The van der Waals surface area contributed by atoms with Gasteiger partial charge in [0, 0.05) is 55.1 Å². The van der Waals surface area contributed by atoms with Gasteiger partial charge in [-0.2, -0.15) is 5.26 Å². The molecule has 3 aliphatic heterocycles. The molecule has 0 saturated carbocycles. The summed E-state index contributed by atoms with van der Waals surface area (Å²) in [5, 5.41) is 14.1. The number of benzene rings is 2. The molecule has 3 aliphatic rings. The van der Waals surface area contributed by atoms with Gasteiger partial charge in [-0.1, -0.05) is 6.07 Å². The minimum atomic E-state index is 0.306. The normalized spacial score (nSPS) is 22.8. The molecule has 3 aromatic rings. The minimum Gasteiger partial charge on any atom is -0.492 e. The van der Waals surface area contributed by atoms with Gasteiger partial charge in [0.1, 0.15) is 18.4 Å². The molecule has 6 nitrogen and oxygen atoms in total. The molecule has 32 heavy (non-hydrogen) atoms. The number of nitriles is 1. The summed E-state index contributed by atoms with van der Waals surface area (Å²) >= 11 is 0. The molecule has 6 rings (SSSR count). The van der Waals surface area contributed by atoms with Crippen LogP contribution in [0.5, 0.6) is 5.75 Å². The summed E-state index contributed by atoms with van der Waals surface area (Å²) in [6, 6.07) is 15.4. The number of aromatic nitrogens is 1. The second kappa shape index (κ2) is 7.77. The Hall–Kier alpha value is -3.14. The second-order valence-electron chi connectivity index (χ2n) is 9.14. The molecule has 1 N–H and O–H groups in total. The van der Waals surface area contributed by atoms with Gasteiger partial charge in [-0.25, -0.2) is 0 Å². The third-order valence-electron chi connectivity index (χ3n) is 7.29. The topological polar surface area (TPSA) is 64.4 Å². The van der Waals surface area contributed by atoms with Gasteiger partial charge in [-0.3, -0.25) is 9.88 Å². The van der Waals surface area contributed by atoms with E-state index in [-0.39, 0.29) is 0 Å². The Kier molecular flexibility index (Phi) is 4.74. The van der Waals surface area contributed by atoms with E-state index in [1.54, 1.807) is 6.20 Å². The Morgan fingerprint density at radius 2 is 2.09 bits per heavy atom. The van der Waals surface area contributed by atoms with E-state index in [9.17, 15) is 5.26 Å². The molecule has 6 heteroatoms. The number of nitrogens with zero attached hydrogens (tertiary/aromatic N) is 4. The highest BCUT2D eigenvalue weighted by molar-refractivity contribution is 5.95. The maximum Gasteiger partial charge on any atom is 0.124 e. The van der Waals surface area contributed by atoms with E-state index in [1.807, 2.05) is 12.1 Å². The van der Waals surface area contributed by atoms with Gasteiger partial charge in [0.25, 0.3) is 0 Å². The van der Waals surface area contributed by atoms with Crippen molar-refractivity contribution < 1.29 is 4.74 Å². The number of rotatable bonds is 1. The highest BCUT2D eigenvalue weighted by Gasteiger charge is 2.36. The number of fused-ring (bicyclic) bond motifs is 5.